The van der Waals surface area contributed by atoms with Gasteiger partial charge in [-0.15, -0.1) is 54.1 Å². The van der Waals surface area contributed by atoms with Crippen LogP contribution in [-0.2, 0) is 20.1 Å². The van der Waals surface area contributed by atoms with Gasteiger partial charge in [0.1, 0.15) is 0 Å². The number of hydrogen-bond donors (Lipinski definition) is 0. The standard InChI is InChI=1S/C38H37N2O.C12H10N.Ir/c1-22(2)35(23(3)4)32-21-39-34(20-25(32)6)31-15-11-14-29-30-18-19-33(40-38(30)41-37(29)31)36-24(5)16-17-28(26(36)7)27-12-9-8-10-13-27;1-10-7-8-12(13-9-10)11-5-3-2-4-6-11;/h8-14,16-23,35H,1-7H3;2-5,7-9H,1H3;/q2*-1;. The molecule has 4 heterocycles. The van der Waals surface area contributed by atoms with Crippen LogP contribution >= 0.6 is 0 Å². The largest absolute Gasteiger partial charge is 0.486 e. The molecule has 0 aliphatic carbocycles. The van der Waals surface area contributed by atoms with E-state index >= 15 is 0 Å². The van der Waals surface area contributed by atoms with E-state index in [0.717, 1.165) is 50.1 Å². The summed E-state index contributed by atoms with van der Waals surface area (Å²) in [6.07, 6.45) is 3.93. The molecule has 4 aromatic carbocycles. The number of fused-ring (bicyclic) bond motifs is 3. The van der Waals surface area contributed by atoms with Crippen LogP contribution in [0.1, 0.15) is 61.4 Å². The van der Waals surface area contributed by atoms with E-state index in [-0.39, 0.29) is 20.1 Å². The fraction of sp³-hybridized carbons (Fsp3) is 0.220. The molecule has 279 valence electrons. The molecular weight excluding hydrogens is 851 g/mol. The molecule has 0 bridgehead atoms. The minimum atomic E-state index is 0. The molecule has 0 aliphatic rings. The van der Waals surface area contributed by atoms with Crippen molar-refractivity contribution in [2.45, 2.75) is 61.3 Å². The Bertz CT molecular complexity index is 2530. The molecule has 0 unspecified atom stereocenters. The normalized spacial score (nSPS) is 11.3. The van der Waals surface area contributed by atoms with Gasteiger partial charge in [0.15, 0.2) is 0 Å². The van der Waals surface area contributed by atoms with Crippen LogP contribution in [0.2, 0.25) is 0 Å². The zero-order valence-corrected chi connectivity index (χ0v) is 35.3. The number of aromatic nitrogens is 3. The van der Waals surface area contributed by atoms with Gasteiger partial charge in [-0.2, -0.15) is 0 Å². The Morgan fingerprint density at radius 2 is 1.35 bits per heavy atom. The van der Waals surface area contributed by atoms with E-state index in [0.29, 0.717) is 23.5 Å². The van der Waals surface area contributed by atoms with Crippen LogP contribution in [-0.4, -0.2) is 15.0 Å². The zero-order valence-electron chi connectivity index (χ0n) is 32.9. The van der Waals surface area contributed by atoms with E-state index in [1.165, 1.54) is 38.9 Å². The third-order valence-corrected chi connectivity index (χ3v) is 10.4. The fourth-order valence-corrected chi connectivity index (χ4v) is 7.84. The summed E-state index contributed by atoms with van der Waals surface area (Å²) in [7, 11) is 0. The van der Waals surface area contributed by atoms with Gasteiger partial charge >= 0.3 is 0 Å². The Hall–Kier alpha value is -5.22. The number of nitrogens with zero attached hydrogens (tertiary/aromatic N) is 3. The van der Waals surface area contributed by atoms with Crippen LogP contribution in [0.15, 0.2) is 126 Å². The number of pyridine rings is 3. The summed E-state index contributed by atoms with van der Waals surface area (Å²) in [5.41, 5.74) is 15.9. The third kappa shape index (κ3) is 8.25. The predicted molar refractivity (Wildman–Crippen MR) is 224 cm³/mol. The number of furan rings is 1. The summed E-state index contributed by atoms with van der Waals surface area (Å²) in [5, 5.41) is 2.03. The second-order valence-electron chi connectivity index (χ2n) is 15.0. The van der Waals surface area contributed by atoms with Crippen molar-refractivity contribution >= 4 is 22.1 Å². The van der Waals surface area contributed by atoms with Crippen molar-refractivity contribution in [3.8, 4) is 44.9 Å². The minimum Gasteiger partial charge on any atom is -0.486 e. The summed E-state index contributed by atoms with van der Waals surface area (Å²) in [5.74, 6) is 1.57. The molecule has 0 fully saturated rings. The topological polar surface area (TPSA) is 51.8 Å². The first-order chi connectivity index (χ1) is 26.1. The van der Waals surface area contributed by atoms with Crippen molar-refractivity contribution in [2.75, 3.05) is 0 Å². The average Bonchev–Trinajstić information content (AvgIpc) is 3.55. The van der Waals surface area contributed by atoms with Crippen LogP contribution in [0.5, 0.6) is 0 Å². The molecule has 0 spiro atoms. The molecule has 8 aromatic rings. The van der Waals surface area contributed by atoms with Gasteiger partial charge in [0.2, 0.25) is 5.71 Å². The van der Waals surface area contributed by atoms with Gasteiger partial charge in [-0.3, -0.25) is 0 Å². The Morgan fingerprint density at radius 1 is 0.618 bits per heavy atom. The molecule has 0 amide bonds. The molecule has 0 N–H and O–H groups in total. The molecule has 4 aromatic heterocycles. The van der Waals surface area contributed by atoms with Gasteiger partial charge in [-0.1, -0.05) is 105 Å². The van der Waals surface area contributed by atoms with Gasteiger partial charge in [-0.05, 0) is 102 Å². The van der Waals surface area contributed by atoms with Gasteiger partial charge < -0.3 is 14.4 Å². The SMILES string of the molecule is Cc1cc(-c2[c-]ccc3c2oc2nc(-c4c(C)ccc(-c5ccccc5)c4C)ccc23)ncc1C(C(C)C)C(C)C.Cc1ccc(-c2[c-]cccc2)nc1.[Ir]. The maximum atomic E-state index is 6.51. The van der Waals surface area contributed by atoms with E-state index in [1.54, 1.807) is 0 Å². The van der Waals surface area contributed by atoms with E-state index < -0.39 is 0 Å². The first-order valence-corrected chi connectivity index (χ1v) is 18.9. The average molecular weight is 898 g/mol. The van der Waals surface area contributed by atoms with Crippen molar-refractivity contribution in [3.05, 3.63) is 162 Å². The second kappa shape index (κ2) is 17.1. The number of rotatable bonds is 7. The Balaban J connectivity index is 0.000000310. The summed E-state index contributed by atoms with van der Waals surface area (Å²) in [4.78, 5) is 14.3. The maximum Gasteiger partial charge on any atom is 0.216 e. The Morgan fingerprint density at radius 3 is 2.02 bits per heavy atom. The van der Waals surface area contributed by atoms with Crippen LogP contribution in [0, 0.1) is 51.7 Å². The monoisotopic (exact) mass is 898 g/mol. The Kier molecular flexibility index (Phi) is 12.2. The maximum absolute atomic E-state index is 6.51. The summed E-state index contributed by atoms with van der Waals surface area (Å²) in [6.45, 7) is 17.7. The molecule has 1 radical (unpaired) electrons. The first kappa shape index (κ1) is 39.5. The molecule has 0 saturated heterocycles. The van der Waals surface area contributed by atoms with Crippen LogP contribution in [0.4, 0.5) is 0 Å². The second-order valence-corrected chi connectivity index (χ2v) is 15.0. The van der Waals surface area contributed by atoms with E-state index in [2.05, 4.69) is 145 Å². The first-order valence-electron chi connectivity index (χ1n) is 18.9. The van der Waals surface area contributed by atoms with Crippen LogP contribution < -0.4 is 0 Å². The smallest absolute Gasteiger partial charge is 0.216 e. The molecule has 0 saturated carbocycles. The summed E-state index contributed by atoms with van der Waals surface area (Å²) in [6, 6.07) is 43.9. The van der Waals surface area contributed by atoms with Crippen molar-refractivity contribution in [2.24, 2.45) is 11.8 Å². The molecule has 0 aliphatic heterocycles. The van der Waals surface area contributed by atoms with Crippen LogP contribution in [0.25, 0.3) is 67.0 Å². The van der Waals surface area contributed by atoms with Crippen molar-refractivity contribution in [3.63, 3.8) is 0 Å². The fourth-order valence-electron chi connectivity index (χ4n) is 7.84. The van der Waals surface area contributed by atoms with E-state index in [4.69, 9.17) is 14.4 Å². The molecule has 8 rings (SSSR count). The molecule has 5 heteroatoms. The van der Waals surface area contributed by atoms with Gasteiger partial charge in [0.25, 0.3) is 0 Å². The Labute approximate surface area is 339 Å². The molecular formula is C50H47IrN3O-2. The number of hydrogen-bond acceptors (Lipinski definition) is 4. The van der Waals surface area contributed by atoms with Gasteiger partial charge in [0, 0.05) is 43.4 Å². The minimum absolute atomic E-state index is 0. The number of aryl methyl sites for hydroxylation is 3. The van der Waals surface area contributed by atoms with Gasteiger partial charge in [-0.25, -0.2) is 4.98 Å². The van der Waals surface area contributed by atoms with Crippen molar-refractivity contribution < 1.29 is 24.5 Å². The summed E-state index contributed by atoms with van der Waals surface area (Å²) < 4.78 is 6.51. The van der Waals surface area contributed by atoms with E-state index in [9.17, 15) is 0 Å². The molecule has 4 nitrogen and oxygen atoms in total. The molecule has 0 atom stereocenters. The van der Waals surface area contributed by atoms with E-state index in [1.807, 2.05) is 49.5 Å². The predicted octanol–water partition coefficient (Wildman–Crippen LogP) is 13.4. The van der Waals surface area contributed by atoms with Crippen molar-refractivity contribution in [1.82, 2.24) is 15.0 Å². The van der Waals surface area contributed by atoms with Gasteiger partial charge in [0.05, 0.1) is 11.3 Å². The summed E-state index contributed by atoms with van der Waals surface area (Å²) >= 11 is 0. The van der Waals surface area contributed by atoms with Crippen LogP contribution in [0.3, 0.4) is 0 Å². The number of benzene rings is 4. The molecule has 55 heavy (non-hydrogen) atoms. The third-order valence-electron chi connectivity index (χ3n) is 10.4. The quantitative estimate of drug-likeness (QED) is 0.150. The van der Waals surface area contributed by atoms with Crippen molar-refractivity contribution in [1.29, 1.82) is 0 Å². The zero-order chi connectivity index (χ0) is 37.9.